The van der Waals surface area contributed by atoms with E-state index in [9.17, 15) is 18.0 Å². The lowest BCUT2D eigenvalue weighted by molar-refractivity contribution is -0.137. The van der Waals surface area contributed by atoms with Crippen LogP contribution in [0, 0.1) is 6.92 Å². The fourth-order valence-corrected chi connectivity index (χ4v) is 3.43. The van der Waals surface area contributed by atoms with E-state index in [0.717, 1.165) is 36.2 Å². The molecule has 1 heterocycles. The second kappa shape index (κ2) is 10.9. The average Bonchev–Trinajstić information content (AvgIpc) is 2.88. The molecule has 4 nitrogen and oxygen atoms in total. The summed E-state index contributed by atoms with van der Waals surface area (Å²) in [5.41, 5.74) is 8.09. The van der Waals surface area contributed by atoms with Crippen molar-refractivity contribution in [1.29, 1.82) is 0 Å². The number of nitrogen functional groups attached to an aromatic ring is 1. The van der Waals surface area contributed by atoms with Crippen LogP contribution in [-0.2, 0) is 12.7 Å². The van der Waals surface area contributed by atoms with Gasteiger partial charge in [-0.2, -0.15) is 13.2 Å². The van der Waals surface area contributed by atoms with Crippen LogP contribution in [0.25, 0.3) is 0 Å². The normalized spacial score (nSPS) is 15.0. The van der Waals surface area contributed by atoms with E-state index in [2.05, 4.69) is 4.90 Å². The van der Waals surface area contributed by atoms with E-state index < -0.39 is 11.7 Å². The zero-order valence-electron chi connectivity index (χ0n) is 16.6. The lowest BCUT2D eigenvalue weighted by Gasteiger charge is -2.23. The number of nitrogens with zero attached hydrogens (tertiary/aromatic N) is 2. The van der Waals surface area contributed by atoms with Crippen LogP contribution in [0.15, 0.2) is 42.5 Å². The second-order valence-electron chi connectivity index (χ2n) is 7.19. The first-order valence-electron chi connectivity index (χ1n) is 9.28. The number of anilines is 1. The van der Waals surface area contributed by atoms with Crippen LogP contribution in [0.1, 0.15) is 33.5 Å². The molecule has 2 aromatic rings. The summed E-state index contributed by atoms with van der Waals surface area (Å²) in [5.74, 6) is -0.0267. The molecule has 2 aromatic carbocycles. The number of carbonyl (C=O) groups excluding carboxylic acids is 1. The minimum absolute atomic E-state index is 0. The maximum Gasteiger partial charge on any atom is 0.416 e. The zero-order valence-corrected chi connectivity index (χ0v) is 18.2. The second-order valence-corrected chi connectivity index (χ2v) is 7.19. The van der Waals surface area contributed by atoms with Crippen LogP contribution in [0.4, 0.5) is 18.9 Å². The SMILES string of the molecule is Cc1ccc(N)cc1C(=O)N1CCCN(Cc2ccc(C(F)(F)F)cc2)CC1.Cl.Cl. The van der Waals surface area contributed by atoms with Crippen molar-refractivity contribution in [2.24, 2.45) is 0 Å². The third kappa shape index (κ3) is 6.52. The van der Waals surface area contributed by atoms with Crippen molar-refractivity contribution in [3.05, 3.63) is 64.7 Å². The number of hydrogen-bond donors (Lipinski definition) is 1. The Balaban J connectivity index is 0.00000225. The van der Waals surface area contributed by atoms with Crippen molar-refractivity contribution < 1.29 is 18.0 Å². The quantitative estimate of drug-likeness (QED) is 0.665. The van der Waals surface area contributed by atoms with Gasteiger partial charge in [-0.25, -0.2) is 0 Å². The topological polar surface area (TPSA) is 49.6 Å². The van der Waals surface area contributed by atoms with E-state index in [1.54, 1.807) is 12.1 Å². The smallest absolute Gasteiger partial charge is 0.399 e. The molecule has 0 spiro atoms. The Hall–Kier alpha value is -1.96. The molecule has 0 radical (unpaired) electrons. The van der Waals surface area contributed by atoms with Gasteiger partial charge in [0.05, 0.1) is 5.56 Å². The number of alkyl halides is 3. The van der Waals surface area contributed by atoms with Crippen LogP contribution in [0.2, 0.25) is 0 Å². The molecule has 0 atom stereocenters. The van der Waals surface area contributed by atoms with Gasteiger partial charge in [0, 0.05) is 44.0 Å². The van der Waals surface area contributed by atoms with Gasteiger partial charge in [-0.15, -0.1) is 24.8 Å². The molecule has 0 saturated carbocycles. The standard InChI is InChI=1S/C21H24F3N3O.2ClH/c1-15-3-8-18(25)13-19(15)20(28)27-10-2-9-26(11-12-27)14-16-4-6-17(7-5-16)21(22,23)24;;/h3-8,13H,2,9-12,14,25H2,1H3;2*1H. The molecule has 30 heavy (non-hydrogen) atoms. The molecule has 0 bridgehead atoms. The van der Waals surface area contributed by atoms with E-state index >= 15 is 0 Å². The van der Waals surface area contributed by atoms with E-state index in [1.807, 2.05) is 17.9 Å². The molecule has 166 valence electrons. The number of rotatable bonds is 3. The highest BCUT2D eigenvalue weighted by atomic mass is 35.5. The Morgan fingerprint density at radius 2 is 1.67 bits per heavy atom. The maximum atomic E-state index is 12.9. The summed E-state index contributed by atoms with van der Waals surface area (Å²) in [5, 5.41) is 0. The summed E-state index contributed by atoms with van der Waals surface area (Å²) in [6, 6.07) is 10.6. The lowest BCUT2D eigenvalue weighted by Crippen LogP contribution is -2.35. The maximum absolute atomic E-state index is 12.9. The first-order valence-corrected chi connectivity index (χ1v) is 9.28. The van der Waals surface area contributed by atoms with Gasteiger partial charge in [0.25, 0.3) is 5.91 Å². The monoisotopic (exact) mass is 463 g/mol. The van der Waals surface area contributed by atoms with Crippen LogP contribution < -0.4 is 5.73 Å². The van der Waals surface area contributed by atoms with E-state index in [1.165, 1.54) is 12.1 Å². The predicted molar refractivity (Wildman–Crippen MR) is 117 cm³/mol. The number of halogens is 5. The largest absolute Gasteiger partial charge is 0.416 e. The summed E-state index contributed by atoms with van der Waals surface area (Å²) in [6.45, 7) is 5.15. The molecular weight excluding hydrogens is 438 g/mol. The third-order valence-corrected chi connectivity index (χ3v) is 5.06. The van der Waals surface area contributed by atoms with Crippen LogP contribution >= 0.6 is 24.8 Å². The van der Waals surface area contributed by atoms with Gasteiger partial charge in [0.2, 0.25) is 0 Å². The van der Waals surface area contributed by atoms with Gasteiger partial charge in [-0.3, -0.25) is 9.69 Å². The first-order chi connectivity index (χ1) is 13.2. The number of nitrogens with two attached hydrogens (primary N) is 1. The average molecular weight is 464 g/mol. The Morgan fingerprint density at radius 3 is 2.30 bits per heavy atom. The molecule has 1 aliphatic heterocycles. The molecule has 0 aliphatic carbocycles. The molecule has 0 aromatic heterocycles. The summed E-state index contributed by atoms with van der Waals surface area (Å²) >= 11 is 0. The van der Waals surface area contributed by atoms with Crippen molar-refractivity contribution in [2.75, 3.05) is 31.9 Å². The van der Waals surface area contributed by atoms with Crippen molar-refractivity contribution in [3.8, 4) is 0 Å². The molecule has 1 fully saturated rings. The summed E-state index contributed by atoms with van der Waals surface area (Å²) in [6.07, 6.45) is -3.51. The molecule has 0 unspecified atom stereocenters. The molecule has 1 aliphatic rings. The Morgan fingerprint density at radius 1 is 1.00 bits per heavy atom. The van der Waals surface area contributed by atoms with Crippen molar-refractivity contribution in [1.82, 2.24) is 9.80 Å². The van der Waals surface area contributed by atoms with Gasteiger partial charge in [0.1, 0.15) is 0 Å². The van der Waals surface area contributed by atoms with Crippen LogP contribution in [0.5, 0.6) is 0 Å². The minimum atomic E-state index is -4.32. The van der Waals surface area contributed by atoms with E-state index in [-0.39, 0.29) is 30.7 Å². The lowest BCUT2D eigenvalue weighted by atomic mass is 10.1. The van der Waals surface area contributed by atoms with Gasteiger partial charge < -0.3 is 10.6 Å². The molecule has 1 amide bonds. The van der Waals surface area contributed by atoms with E-state index in [4.69, 9.17) is 5.73 Å². The number of carbonyl (C=O) groups is 1. The van der Waals surface area contributed by atoms with Gasteiger partial charge >= 0.3 is 6.18 Å². The Bertz CT molecular complexity index is 844. The Kier molecular flexibility index (Phi) is 9.46. The first kappa shape index (κ1) is 26.1. The minimum Gasteiger partial charge on any atom is -0.399 e. The highest BCUT2D eigenvalue weighted by Gasteiger charge is 2.30. The molecule has 9 heteroatoms. The van der Waals surface area contributed by atoms with E-state index in [0.29, 0.717) is 37.4 Å². The van der Waals surface area contributed by atoms with Crippen LogP contribution in [0.3, 0.4) is 0 Å². The van der Waals surface area contributed by atoms with Crippen molar-refractivity contribution in [2.45, 2.75) is 26.1 Å². The fraction of sp³-hybridized carbons (Fsp3) is 0.381. The summed E-state index contributed by atoms with van der Waals surface area (Å²) in [7, 11) is 0. The van der Waals surface area contributed by atoms with Gasteiger partial charge in [-0.1, -0.05) is 18.2 Å². The highest BCUT2D eigenvalue weighted by molar-refractivity contribution is 5.96. The number of aryl methyl sites for hydroxylation is 1. The van der Waals surface area contributed by atoms with Gasteiger partial charge in [0.15, 0.2) is 0 Å². The zero-order chi connectivity index (χ0) is 20.3. The molecule has 2 N–H and O–H groups in total. The fourth-order valence-electron chi connectivity index (χ4n) is 3.43. The van der Waals surface area contributed by atoms with Gasteiger partial charge in [-0.05, 0) is 48.7 Å². The molecular formula is C21H26Cl2F3N3O. The Labute approximate surface area is 187 Å². The molecule has 1 saturated heterocycles. The number of benzene rings is 2. The third-order valence-electron chi connectivity index (χ3n) is 5.06. The highest BCUT2D eigenvalue weighted by Crippen LogP contribution is 2.29. The summed E-state index contributed by atoms with van der Waals surface area (Å²) < 4.78 is 38.1. The number of hydrogen-bond acceptors (Lipinski definition) is 3. The predicted octanol–water partition coefficient (Wildman–Crippen LogP) is 4.79. The van der Waals surface area contributed by atoms with Crippen LogP contribution in [-0.4, -0.2) is 41.9 Å². The number of amides is 1. The van der Waals surface area contributed by atoms with Crippen molar-refractivity contribution >= 4 is 36.4 Å². The summed E-state index contributed by atoms with van der Waals surface area (Å²) in [4.78, 5) is 16.9. The van der Waals surface area contributed by atoms with Crippen molar-refractivity contribution in [3.63, 3.8) is 0 Å². The molecule has 3 rings (SSSR count).